The summed E-state index contributed by atoms with van der Waals surface area (Å²) in [5.74, 6) is -0.132. The van der Waals surface area contributed by atoms with Crippen molar-refractivity contribution < 1.29 is 4.39 Å². The molecule has 0 fully saturated rings. The number of hydrogen-bond acceptors (Lipinski definition) is 3. The maximum atomic E-state index is 13.8. The van der Waals surface area contributed by atoms with E-state index in [2.05, 4.69) is 11.4 Å². The molecule has 2 rings (SSSR count). The second kappa shape index (κ2) is 6.19. The van der Waals surface area contributed by atoms with Crippen LogP contribution in [0.5, 0.6) is 0 Å². The van der Waals surface area contributed by atoms with Crippen molar-refractivity contribution in [3.8, 4) is 0 Å². The number of halogens is 1. The number of benzene rings is 1. The van der Waals surface area contributed by atoms with Crippen LogP contribution in [0.2, 0.25) is 0 Å². The molecule has 1 aromatic carbocycles. The van der Waals surface area contributed by atoms with Crippen molar-refractivity contribution in [2.24, 2.45) is 0 Å². The number of thiophene rings is 1. The van der Waals surface area contributed by atoms with Gasteiger partial charge in [0.15, 0.2) is 0 Å². The normalized spacial score (nSPS) is 10.7. The molecule has 0 spiro atoms. The number of hydrogen-bond donors (Lipinski definition) is 1. The molecule has 0 radical (unpaired) electrons. The maximum absolute atomic E-state index is 13.8. The Morgan fingerprint density at radius 2 is 2.18 bits per heavy atom. The van der Waals surface area contributed by atoms with Crippen LogP contribution < -0.4 is 5.32 Å². The fourth-order valence-electron chi connectivity index (χ4n) is 1.49. The molecule has 90 valence electrons. The minimum Gasteiger partial charge on any atom is -0.313 e. The Balaban J connectivity index is 2.23. The van der Waals surface area contributed by atoms with Gasteiger partial charge < -0.3 is 5.32 Å². The summed E-state index contributed by atoms with van der Waals surface area (Å²) < 4.78 is 14.9. The van der Waals surface area contributed by atoms with E-state index in [4.69, 9.17) is 0 Å². The van der Waals surface area contributed by atoms with Gasteiger partial charge in [0.1, 0.15) is 5.82 Å². The van der Waals surface area contributed by atoms with Crippen molar-refractivity contribution >= 4 is 23.1 Å². The van der Waals surface area contributed by atoms with Crippen LogP contribution in [0.3, 0.4) is 0 Å². The summed E-state index contributed by atoms with van der Waals surface area (Å²) in [5.41, 5.74) is 0.757. The monoisotopic (exact) mass is 267 g/mol. The van der Waals surface area contributed by atoms with Crippen molar-refractivity contribution in [1.82, 2.24) is 5.32 Å². The van der Waals surface area contributed by atoms with Crippen molar-refractivity contribution in [2.45, 2.75) is 22.6 Å². The first-order chi connectivity index (χ1) is 8.31. The molecule has 0 bridgehead atoms. The fraction of sp³-hybridized carbons (Fsp3) is 0.231. The average molecular weight is 267 g/mol. The Hall–Kier alpha value is -0.840. The molecule has 0 atom stereocenters. The third-order valence-corrected chi connectivity index (χ3v) is 4.47. The lowest BCUT2D eigenvalue weighted by molar-refractivity contribution is 0.586. The van der Waals surface area contributed by atoms with Crippen LogP contribution >= 0.6 is 23.1 Å². The van der Waals surface area contributed by atoms with Crippen molar-refractivity contribution in [3.63, 3.8) is 0 Å². The van der Waals surface area contributed by atoms with Crippen molar-refractivity contribution in [3.05, 3.63) is 47.1 Å². The summed E-state index contributed by atoms with van der Waals surface area (Å²) >= 11 is 3.30. The third-order valence-electron chi connectivity index (χ3n) is 2.33. The lowest BCUT2D eigenvalue weighted by atomic mass is 10.2. The van der Waals surface area contributed by atoms with Gasteiger partial charge in [-0.2, -0.15) is 0 Å². The van der Waals surface area contributed by atoms with E-state index >= 15 is 0 Å². The SMILES string of the molecule is CCNCc1c(F)cccc1Sc1cccs1. The molecule has 4 heteroatoms. The highest BCUT2D eigenvalue weighted by molar-refractivity contribution is 8.01. The fourth-order valence-corrected chi connectivity index (χ4v) is 3.37. The van der Waals surface area contributed by atoms with Gasteiger partial charge in [-0.15, -0.1) is 11.3 Å². The molecular formula is C13H14FNS2. The second-order valence-corrected chi connectivity index (χ2v) is 5.82. The van der Waals surface area contributed by atoms with Gasteiger partial charge in [-0.25, -0.2) is 4.39 Å². The van der Waals surface area contributed by atoms with Crippen LogP contribution in [-0.4, -0.2) is 6.54 Å². The molecule has 0 amide bonds. The first-order valence-corrected chi connectivity index (χ1v) is 7.20. The summed E-state index contributed by atoms with van der Waals surface area (Å²) in [6.07, 6.45) is 0. The summed E-state index contributed by atoms with van der Waals surface area (Å²) in [6, 6.07) is 9.32. The molecule has 2 aromatic rings. The summed E-state index contributed by atoms with van der Waals surface area (Å²) in [6.45, 7) is 3.45. The average Bonchev–Trinajstić information content (AvgIpc) is 2.81. The van der Waals surface area contributed by atoms with Crippen molar-refractivity contribution in [1.29, 1.82) is 0 Å². The third kappa shape index (κ3) is 3.31. The molecule has 1 heterocycles. The molecule has 0 aliphatic rings. The van der Waals surface area contributed by atoms with Crippen molar-refractivity contribution in [2.75, 3.05) is 6.54 Å². The Morgan fingerprint density at radius 1 is 1.29 bits per heavy atom. The lowest BCUT2D eigenvalue weighted by Gasteiger charge is -2.09. The summed E-state index contributed by atoms with van der Waals surface area (Å²) in [4.78, 5) is 0.994. The van der Waals surface area contributed by atoms with E-state index < -0.39 is 0 Å². The molecule has 0 saturated carbocycles. The minimum atomic E-state index is -0.132. The molecule has 17 heavy (non-hydrogen) atoms. The minimum absolute atomic E-state index is 0.132. The molecule has 1 nitrogen and oxygen atoms in total. The highest BCUT2D eigenvalue weighted by Gasteiger charge is 2.09. The van der Waals surface area contributed by atoms with Gasteiger partial charge in [-0.1, -0.05) is 30.8 Å². The van der Waals surface area contributed by atoms with E-state index in [0.717, 1.165) is 17.0 Å². The van der Waals surface area contributed by atoms with Crippen LogP contribution in [0.25, 0.3) is 0 Å². The van der Waals surface area contributed by atoms with Gasteiger partial charge in [0.2, 0.25) is 0 Å². The molecular weight excluding hydrogens is 253 g/mol. The van der Waals surface area contributed by atoms with Gasteiger partial charge in [0, 0.05) is 17.0 Å². The quantitative estimate of drug-likeness (QED) is 0.873. The van der Waals surface area contributed by atoms with E-state index in [9.17, 15) is 4.39 Å². The first kappa shape index (κ1) is 12.6. The van der Waals surface area contributed by atoms with Crippen LogP contribution in [0.1, 0.15) is 12.5 Å². The predicted octanol–water partition coefficient (Wildman–Crippen LogP) is 4.15. The standard InChI is InChI=1S/C13H14FNS2/c1-2-15-9-10-11(14)5-3-6-12(10)17-13-7-4-8-16-13/h3-8,15H,2,9H2,1H3. The van der Waals surface area contributed by atoms with Gasteiger partial charge in [-0.3, -0.25) is 0 Å². The zero-order chi connectivity index (χ0) is 12.1. The molecule has 1 aromatic heterocycles. The maximum Gasteiger partial charge on any atom is 0.128 e. The van der Waals surface area contributed by atoms with Crippen LogP contribution in [-0.2, 0) is 6.54 Å². The van der Waals surface area contributed by atoms with Crippen LogP contribution in [0.15, 0.2) is 44.8 Å². The molecule has 0 unspecified atom stereocenters. The van der Waals surface area contributed by atoms with Gasteiger partial charge >= 0.3 is 0 Å². The van der Waals surface area contributed by atoms with Crippen LogP contribution in [0, 0.1) is 5.82 Å². The Bertz CT molecular complexity index is 468. The van der Waals surface area contributed by atoms with Gasteiger partial charge in [0.05, 0.1) is 4.21 Å². The summed E-state index contributed by atoms with van der Waals surface area (Å²) in [5, 5.41) is 5.21. The zero-order valence-corrected chi connectivity index (χ0v) is 11.2. The van der Waals surface area contributed by atoms with E-state index in [0.29, 0.717) is 6.54 Å². The highest BCUT2D eigenvalue weighted by Crippen LogP contribution is 2.34. The highest BCUT2D eigenvalue weighted by atomic mass is 32.2. The molecule has 0 aliphatic carbocycles. The van der Waals surface area contributed by atoms with Gasteiger partial charge in [-0.05, 0) is 30.1 Å². The second-order valence-electron chi connectivity index (χ2n) is 3.53. The Morgan fingerprint density at radius 3 is 2.88 bits per heavy atom. The van der Waals surface area contributed by atoms with E-state index in [-0.39, 0.29) is 5.82 Å². The molecule has 1 N–H and O–H groups in total. The molecule has 0 aliphatic heterocycles. The topological polar surface area (TPSA) is 12.0 Å². The van der Waals surface area contributed by atoms with Crippen LogP contribution in [0.4, 0.5) is 4.39 Å². The number of rotatable bonds is 5. The first-order valence-electron chi connectivity index (χ1n) is 5.50. The molecule has 0 saturated heterocycles. The summed E-state index contributed by atoms with van der Waals surface area (Å²) in [7, 11) is 0. The predicted molar refractivity (Wildman–Crippen MR) is 72.2 cm³/mol. The zero-order valence-electron chi connectivity index (χ0n) is 9.57. The smallest absolute Gasteiger partial charge is 0.128 e. The lowest BCUT2D eigenvalue weighted by Crippen LogP contribution is -2.13. The Labute approximate surface area is 109 Å². The number of nitrogens with one attached hydrogen (secondary N) is 1. The Kier molecular flexibility index (Phi) is 4.59. The largest absolute Gasteiger partial charge is 0.313 e. The van der Waals surface area contributed by atoms with E-state index in [1.807, 2.05) is 24.4 Å². The van der Waals surface area contributed by atoms with E-state index in [1.165, 1.54) is 10.3 Å². The van der Waals surface area contributed by atoms with Gasteiger partial charge in [0.25, 0.3) is 0 Å². The van der Waals surface area contributed by atoms with E-state index in [1.54, 1.807) is 29.2 Å².